The molecule has 0 aliphatic carbocycles. The summed E-state index contributed by atoms with van der Waals surface area (Å²) in [6.07, 6.45) is 4.12. The SMILES string of the molecule is CCCCC(=O)Cc1nccc(=O)[nH]1. The van der Waals surface area contributed by atoms with E-state index in [1.165, 1.54) is 12.3 Å². The minimum absolute atomic E-state index is 0.126. The largest absolute Gasteiger partial charge is 0.310 e. The van der Waals surface area contributed by atoms with Gasteiger partial charge in [-0.3, -0.25) is 9.59 Å². The number of carbonyl (C=O) groups excluding carboxylic acids is 1. The summed E-state index contributed by atoms with van der Waals surface area (Å²) in [7, 11) is 0. The lowest BCUT2D eigenvalue weighted by atomic mass is 10.1. The van der Waals surface area contributed by atoms with Crippen molar-refractivity contribution < 1.29 is 4.79 Å². The van der Waals surface area contributed by atoms with Gasteiger partial charge in [-0.2, -0.15) is 0 Å². The van der Waals surface area contributed by atoms with Gasteiger partial charge in [-0.1, -0.05) is 13.3 Å². The molecule has 76 valence electrons. The Labute approximate surface area is 82.4 Å². The second-order valence-electron chi connectivity index (χ2n) is 3.20. The van der Waals surface area contributed by atoms with Crippen LogP contribution in [0.2, 0.25) is 0 Å². The molecule has 0 saturated heterocycles. The molecule has 0 fully saturated rings. The second-order valence-corrected chi connectivity index (χ2v) is 3.20. The molecule has 4 nitrogen and oxygen atoms in total. The van der Waals surface area contributed by atoms with Gasteiger partial charge in [-0.05, 0) is 6.42 Å². The lowest BCUT2D eigenvalue weighted by molar-refractivity contribution is -0.118. The van der Waals surface area contributed by atoms with E-state index in [1.807, 2.05) is 6.92 Å². The van der Waals surface area contributed by atoms with E-state index >= 15 is 0 Å². The third-order valence-electron chi connectivity index (χ3n) is 1.90. The van der Waals surface area contributed by atoms with Crippen LogP contribution in [0.4, 0.5) is 0 Å². The number of nitrogens with zero attached hydrogens (tertiary/aromatic N) is 1. The highest BCUT2D eigenvalue weighted by Gasteiger charge is 2.04. The van der Waals surface area contributed by atoms with Gasteiger partial charge in [-0.15, -0.1) is 0 Å². The van der Waals surface area contributed by atoms with Crippen molar-refractivity contribution in [1.29, 1.82) is 0 Å². The minimum Gasteiger partial charge on any atom is -0.310 e. The molecule has 0 saturated carbocycles. The third kappa shape index (κ3) is 3.51. The van der Waals surface area contributed by atoms with Gasteiger partial charge in [0, 0.05) is 18.7 Å². The third-order valence-corrected chi connectivity index (χ3v) is 1.90. The Balaban J connectivity index is 2.52. The first-order valence-electron chi connectivity index (χ1n) is 4.78. The standard InChI is InChI=1S/C10H14N2O2/c1-2-3-4-8(13)7-9-11-6-5-10(14)12-9/h5-6H,2-4,7H2,1H3,(H,11,12,14). The van der Waals surface area contributed by atoms with E-state index in [2.05, 4.69) is 9.97 Å². The zero-order valence-electron chi connectivity index (χ0n) is 8.25. The summed E-state index contributed by atoms with van der Waals surface area (Å²) < 4.78 is 0. The fourth-order valence-corrected chi connectivity index (χ4v) is 1.15. The number of ketones is 1. The molecule has 1 heterocycles. The summed E-state index contributed by atoms with van der Waals surface area (Å²) >= 11 is 0. The summed E-state index contributed by atoms with van der Waals surface area (Å²) in [6, 6.07) is 1.33. The van der Waals surface area contributed by atoms with Crippen molar-refractivity contribution in [3.8, 4) is 0 Å². The summed E-state index contributed by atoms with van der Waals surface area (Å²) in [5.74, 6) is 0.583. The van der Waals surface area contributed by atoms with E-state index in [1.54, 1.807) is 0 Å². The van der Waals surface area contributed by atoms with Crippen molar-refractivity contribution in [2.24, 2.45) is 0 Å². The molecule has 14 heavy (non-hydrogen) atoms. The van der Waals surface area contributed by atoms with Crippen molar-refractivity contribution in [1.82, 2.24) is 9.97 Å². The predicted molar refractivity (Wildman–Crippen MR) is 53.1 cm³/mol. The Hall–Kier alpha value is -1.45. The number of unbranched alkanes of at least 4 members (excludes halogenated alkanes) is 1. The van der Waals surface area contributed by atoms with Crippen LogP contribution in [0.25, 0.3) is 0 Å². The van der Waals surface area contributed by atoms with Crippen LogP contribution in [-0.4, -0.2) is 15.8 Å². The van der Waals surface area contributed by atoms with Gasteiger partial charge < -0.3 is 4.98 Å². The lowest BCUT2D eigenvalue weighted by Gasteiger charge is -1.98. The Morgan fingerprint density at radius 3 is 3.00 bits per heavy atom. The molecule has 1 N–H and O–H groups in total. The molecular formula is C10H14N2O2. The number of aromatic nitrogens is 2. The van der Waals surface area contributed by atoms with E-state index < -0.39 is 0 Å². The summed E-state index contributed by atoms with van der Waals surface area (Å²) in [4.78, 5) is 28.6. The summed E-state index contributed by atoms with van der Waals surface area (Å²) in [5, 5.41) is 0. The van der Waals surface area contributed by atoms with Crippen LogP contribution in [0.1, 0.15) is 32.0 Å². The molecule has 0 atom stereocenters. The van der Waals surface area contributed by atoms with E-state index in [0.29, 0.717) is 12.2 Å². The van der Waals surface area contributed by atoms with Crippen LogP contribution in [-0.2, 0) is 11.2 Å². The molecule has 0 spiro atoms. The van der Waals surface area contributed by atoms with Crippen molar-refractivity contribution in [2.45, 2.75) is 32.6 Å². The average Bonchev–Trinajstić information content (AvgIpc) is 2.15. The molecule has 0 aliphatic rings. The first-order valence-corrected chi connectivity index (χ1v) is 4.78. The van der Waals surface area contributed by atoms with Crippen LogP contribution < -0.4 is 5.56 Å². The van der Waals surface area contributed by atoms with Gasteiger partial charge >= 0.3 is 0 Å². The maximum absolute atomic E-state index is 11.3. The Morgan fingerprint density at radius 1 is 1.57 bits per heavy atom. The van der Waals surface area contributed by atoms with Gasteiger partial charge in [0.1, 0.15) is 11.6 Å². The maximum Gasteiger partial charge on any atom is 0.250 e. The topological polar surface area (TPSA) is 62.8 Å². The molecular weight excluding hydrogens is 180 g/mol. The van der Waals surface area contributed by atoms with E-state index in [4.69, 9.17) is 0 Å². The van der Waals surface area contributed by atoms with Crippen molar-refractivity contribution in [3.63, 3.8) is 0 Å². The number of carbonyl (C=O) groups is 1. The lowest BCUT2D eigenvalue weighted by Crippen LogP contribution is -2.12. The van der Waals surface area contributed by atoms with E-state index in [-0.39, 0.29) is 17.8 Å². The fourth-order valence-electron chi connectivity index (χ4n) is 1.15. The number of hydrogen-bond donors (Lipinski definition) is 1. The molecule has 0 aromatic carbocycles. The van der Waals surface area contributed by atoms with Gasteiger partial charge in [-0.25, -0.2) is 4.98 Å². The monoisotopic (exact) mass is 194 g/mol. The molecule has 0 aliphatic heterocycles. The molecule has 0 unspecified atom stereocenters. The first kappa shape index (κ1) is 10.6. The van der Waals surface area contributed by atoms with Crippen molar-refractivity contribution in [3.05, 3.63) is 28.4 Å². The molecule has 1 aromatic heterocycles. The zero-order chi connectivity index (χ0) is 10.4. The van der Waals surface area contributed by atoms with Crippen molar-refractivity contribution in [2.75, 3.05) is 0 Å². The smallest absolute Gasteiger partial charge is 0.250 e. The molecule has 0 radical (unpaired) electrons. The maximum atomic E-state index is 11.3. The molecule has 0 amide bonds. The van der Waals surface area contributed by atoms with Crippen LogP contribution in [0.5, 0.6) is 0 Å². The summed E-state index contributed by atoms with van der Waals surface area (Å²) in [5.41, 5.74) is -0.210. The zero-order valence-corrected chi connectivity index (χ0v) is 8.25. The predicted octanol–water partition coefficient (Wildman–Crippen LogP) is 1.07. The fraction of sp³-hybridized carbons (Fsp3) is 0.500. The van der Waals surface area contributed by atoms with Crippen LogP contribution in [0.15, 0.2) is 17.1 Å². The molecule has 1 rings (SSSR count). The van der Waals surface area contributed by atoms with Crippen molar-refractivity contribution >= 4 is 5.78 Å². The van der Waals surface area contributed by atoms with E-state index in [9.17, 15) is 9.59 Å². The highest BCUT2D eigenvalue weighted by atomic mass is 16.1. The number of hydrogen-bond acceptors (Lipinski definition) is 3. The Kier molecular flexibility index (Phi) is 4.04. The Bertz CT molecular complexity index is 357. The van der Waals surface area contributed by atoms with Crippen LogP contribution in [0.3, 0.4) is 0 Å². The second kappa shape index (κ2) is 5.32. The highest BCUT2D eigenvalue weighted by molar-refractivity contribution is 5.79. The average molecular weight is 194 g/mol. The van der Waals surface area contributed by atoms with Crippen LogP contribution in [0, 0.1) is 0 Å². The molecule has 4 heteroatoms. The Morgan fingerprint density at radius 2 is 2.36 bits per heavy atom. The number of nitrogens with one attached hydrogen (secondary N) is 1. The van der Waals surface area contributed by atoms with Crippen LogP contribution >= 0.6 is 0 Å². The number of aromatic amines is 1. The molecule has 1 aromatic rings. The summed E-state index contributed by atoms with van der Waals surface area (Å²) in [6.45, 7) is 2.04. The number of rotatable bonds is 5. The number of H-pyrrole nitrogens is 1. The first-order chi connectivity index (χ1) is 6.72. The normalized spacial score (nSPS) is 10.1. The van der Waals surface area contributed by atoms with Gasteiger partial charge in [0.25, 0.3) is 5.56 Å². The minimum atomic E-state index is -0.210. The van der Waals surface area contributed by atoms with Gasteiger partial charge in [0.15, 0.2) is 0 Å². The van der Waals surface area contributed by atoms with E-state index in [0.717, 1.165) is 12.8 Å². The van der Waals surface area contributed by atoms with Gasteiger partial charge in [0.05, 0.1) is 6.42 Å². The number of Topliss-reactive ketones (excluding diaryl/α,β-unsaturated/α-hetero) is 1. The highest BCUT2D eigenvalue weighted by Crippen LogP contribution is 1.98. The van der Waals surface area contributed by atoms with Gasteiger partial charge in [0.2, 0.25) is 0 Å². The molecule has 0 bridgehead atoms. The quantitative estimate of drug-likeness (QED) is 0.762.